The molecule has 6 heteroatoms. The third-order valence-electron chi connectivity index (χ3n) is 4.04. The van der Waals surface area contributed by atoms with E-state index in [0.29, 0.717) is 26.1 Å². The second kappa shape index (κ2) is 8.64. The molecule has 2 rings (SSSR count). The summed E-state index contributed by atoms with van der Waals surface area (Å²) in [5, 5.41) is 12.1. The number of piperidine rings is 1. The number of aliphatic carboxylic acids is 1. The lowest BCUT2D eigenvalue weighted by Crippen LogP contribution is -2.48. The van der Waals surface area contributed by atoms with Crippen LogP contribution in [0.25, 0.3) is 0 Å². The minimum atomic E-state index is -0.843. The summed E-state index contributed by atoms with van der Waals surface area (Å²) in [6.07, 6.45) is 2.46. The predicted molar refractivity (Wildman–Crippen MR) is 85.8 cm³/mol. The number of rotatable bonds is 7. The molecule has 0 aliphatic carbocycles. The van der Waals surface area contributed by atoms with Crippen molar-refractivity contribution in [1.82, 2.24) is 10.2 Å². The number of ether oxygens (including phenoxy) is 1. The second-order valence-corrected chi connectivity index (χ2v) is 5.85. The van der Waals surface area contributed by atoms with Crippen molar-refractivity contribution in [1.29, 1.82) is 0 Å². The summed E-state index contributed by atoms with van der Waals surface area (Å²) < 4.78 is 5.09. The van der Waals surface area contributed by atoms with Crippen LogP contribution in [-0.2, 0) is 27.5 Å². The van der Waals surface area contributed by atoms with E-state index in [4.69, 9.17) is 4.74 Å². The lowest BCUT2D eigenvalue weighted by molar-refractivity contribution is -0.145. The zero-order valence-corrected chi connectivity index (χ0v) is 13.5. The van der Waals surface area contributed by atoms with E-state index in [9.17, 15) is 14.7 Å². The van der Waals surface area contributed by atoms with E-state index in [1.165, 1.54) is 0 Å². The molecule has 0 bridgehead atoms. The molecule has 0 saturated carbocycles. The van der Waals surface area contributed by atoms with Crippen molar-refractivity contribution in [2.24, 2.45) is 0 Å². The largest absolute Gasteiger partial charge is 0.480 e. The molecule has 6 nitrogen and oxygen atoms in total. The summed E-state index contributed by atoms with van der Waals surface area (Å²) in [4.78, 5) is 25.1. The zero-order valence-electron chi connectivity index (χ0n) is 13.5. The molecule has 1 atom stereocenters. The lowest BCUT2D eigenvalue weighted by atomic mass is 10.0. The van der Waals surface area contributed by atoms with Crippen molar-refractivity contribution in [3.63, 3.8) is 0 Å². The summed E-state index contributed by atoms with van der Waals surface area (Å²) in [5.74, 6) is -0.986. The van der Waals surface area contributed by atoms with Crippen LogP contribution < -0.4 is 5.32 Å². The summed E-state index contributed by atoms with van der Waals surface area (Å²) in [7, 11) is 1.64. The van der Waals surface area contributed by atoms with Crippen LogP contribution in [0.5, 0.6) is 0 Å². The molecule has 1 aliphatic heterocycles. The molecule has 0 aromatic heterocycles. The van der Waals surface area contributed by atoms with Gasteiger partial charge in [0.1, 0.15) is 6.04 Å². The Labute approximate surface area is 136 Å². The number of nitrogens with zero attached hydrogens (tertiary/aromatic N) is 1. The molecule has 1 saturated heterocycles. The molecule has 23 heavy (non-hydrogen) atoms. The van der Waals surface area contributed by atoms with Crippen molar-refractivity contribution < 1.29 is 19.4 Å². The van der Waals surface area contributed by atoms with Crippen molar-refractivity contribution in [3.05, 3.63) is 35.4 Å². The quantitative estimate of drug-likeness (QED) is 0.794. The monoisotopic (exact) mass is 320 g/mol. The maximum Gasteiger partial charge on any atom is 0.320 e. The number of likely N-dealkylation sites (tertiary alicyclic amines) is 1. The van der Waals surface area contributed by atoms with Gasteiger partial charge in [-0.3, -0.25) is 14.5 Å². The van der Waals surface area contributed by atoms with Crippen LogP contribution in [0.3, 0.4) is 0 Å². The molecule has 0 spiro atoms. The van der Waals surface area contributed by atoms with E-state index in [2.05, 4.69) is 5.32 Å². The first-order chi connectivity index (χ1) is 11.1. The van der Waals surface area contributed by atoms with Crippen molar-refractivity contribution in [2.45, 2.75) is 38.5 Å². The summed E-state index contributed by atoms with van der Waals surface area (Å²) in [6, 6.07) is 7.30. The molecule has 126 valence electrons. The maximum absolute atomic E-state index is 12.1. The first-order valence-electron chi connectivity index (χ1n) is 7.90. The first kappa shape index (κ1) is 17.4. The number of amides is 1. The highest BCUT2D eigenvalue weighted by Crippen LogP contribution is 2.16. The van der Waals surface area contributed by atoms with Crippen molar-refractivity contribution in [2.75, 3.05) is 20.2 Å². The predicted octanol–water partition coefficient (Wildman–Crippen LogP) is 1.39. The highest BCUT2D eigenvalue weighted by Gasteiger charge is 2.29. The average molecular weight is 320 g/mol. The van der Waals surface area contributed by atoms with Gasteiger partial charge in [-0.15, -0.1) is 0 Å². The Balaban J connectivity index is 1.84. The van der Waals surface area contributed by atoms with Crippen LogP contribution in [0.1, 0.15) is 30.4 Å². The van der Waals surface area contributed by atoms with E-state index < -0.39 is 12.0 Å². The zero-order chi connectivity index (χ0) is 16.7. The number of methoxy groups -OCH3 is 1. The van der Waals surface area contributed by atoms with Crippen LogP contribution in [0.4, 0.5) is 0 Å². The Bertz CT molecular complexity index is 547. The topological polar surface area (TPSA) is 78.9 Å². The molecule has 1 fully saturated rings. The number of hydrogen-bond donors (Lipinski definition) is 2. The van der Waals surface area contributed by atoms with Crippen LogP contribution in [0, 0.1) is 0 Å². The van der Waals surface area contributed by atoms with E-state index in [1.807, 2.05) is 24.3 Å². The number of carboxylic acid groups (broad SMARTS) is 1. The fourth-order valence-corrected chi connectivity index (χ4v) is 2.90. The van der Waals surface area contributed by atoms with Gasteiger partial charge in [0.05, 0.1) is 13.2 Å². The average Bonchev–Trinajstić information content (AvgIpc) is 2.54. The number of nitrogens with one attached hydrogen (secondary N) is 1. The maximum atomic E-state index is 12.1. The molecule has 0 radical (unpaired) electrons. The number of carboxylic acids is 1. The normalized spacial score (nSPS) is 18.6. The number of hydrogen-bond acceptors (Lipinski definition) is 4. The third-order valence-corrected chi connectivity index (χ3v) is 4.04. The van der Waals surface area contributed by atoms with Crippen LogP contribution >= 0.6 is 0 Å². The molecule has 1 unspecified atom stereocenters. The number of carbonyl (C=O) groups is 2. The molecular weight excluding hydrogens is 296 g/mol. The van der Waals surface area contributed by atoms with Gasteiger partial charge < -0.3 is 15.2 Å². The second-order valence-electron chi connectivity index (χ2n) is 5.85. The van der Waals surface area contributed by atoms with Crippen molar-refractivity contribution in [3.8, 4) is 0 Å². The highest BCUT2D eigenvalue weighted by molar-refractivity contribution is 5.80. The molecular formula is C17H24N2O4. The van der Waals surface area contributed by atoms with Crippen LogP contribution in [0.15, 0.2) is 24.3 Å². The van der Waals surface area contributed by atoms with Gasteiger partial charge >= 0.3 is 5.97 Å². The van der Waals surface area contributed by atoms with E-state index in [-0.39, 0.29) is 12.5 Å². The van der Waals surface area contributed by atoms with Gasteiger partial charge in [0.15, 0.2) is 0 Å². The van der Waals surface area contributed by atoms with Gasteiger partial charge in [0, 0.05) is 13.7 Å². The van der Waals surface area contributed by atoms with Gasteiger partial charge in [-0.2, -0.15) is 0 Å². The molecule has 1 heterocycles. The fraction of sp³-hybridized carbons (Fsp3) is 0.529. The Kier molecular flexibility index (Phi) is 6.55. The minimum absolute atomic E-state index is 0.134. The van der Waals surface area contributed by atoms with Crippen LogP contribution in [0.2, 0.25) is 0 Å². The summed E-state index contributed by atoms with van der Waals surface area (Å²) >= 11 is 0. The Hall–Kier alpha value is -1.92. The van der Waals surface area contributed by atoms with Gasteiger partial charge in [-0.1, -0.05) is 30.7 Å². The lowest BCUT2D eigenvalue weighted by Gasteiger charge is -2.32. The molecule has 1 amide bonds. The van der Waals surface area contributed by atoms with Gasteiger partial charge in [0.2, 0.25) is 5.91 Å². The summed E-state index contributed by atoms with van der Waals surface area (Å²) in [6.45, 7) is 1.76. The molecule has 2 N–H and O–H groups in total. The minimum Gasteiger partial charge on any atom is -0.480 e. The van der Waals surface area contributed by atoms with E-state index in [1.54, 1.807) is 12.0 Å². The van der Waals surface area contributed by atoms with Gasteiger partial charge in [-0.05, 0) is 30.5 Å². The Morgan fingerprint density at radius 3 is 2.87 bits per heavy atom. The standard InChI is InChI=1S/C17H24N2O4/c1-23-12-14-6-4-5-13(9-14)10-18-16(20)11-19-8-3-2-7-15(19)17(21)22/h4-6,9,15H,2-3,7-8,10-12H2,1H3,(H,18,20)(H,21,22). The van der Waals surface area contributed by atoms with Crippen molar-refractivity contribution >= 4 is 11.9 Å². The highest BCUT2D eigenvalue weighted by atomic mass is 16.5. The van der Waals surface area contributed by atoms with Gasteiger partial charge in [0.25, 0.3) is 0 Å². The number of benzene rings is 1. The number of carbonyl (C=O) groups excluding carboxylic acids is 1. The third kappa shape index (κ3) is 5.33. The Morgan fingerprint density at radius 1 is 1.35 bits per heavy atom. The molecule has 1 aromatic rings. The Morgan fingerprint density at radius 2 is 2.13 bits per heavy atom. The molecule has 1 aliphatic rings. The first-order valence-corrected chi connectivity index (χ1v) is 7.90. The van der Waals surface area contributed by atoms with E-state index >= 15 is 0 Å². The smallest absolute Gasteiger partial charge is 0.320 e. The SMILES string of the molecule is COCc1cccc(CNC(=O)CN2CCCCC2C(=O)O)c1. The summed E-state index contributed by atoms with van der Waals surface area (Å²) in [5.41, 5.74) is 2.06. The van der Waals surface area contributed by atoms with E-state index in [0.717, 1.165) is 24.0 Å². The fourth-order valence-electron chi connectivity index (χ4n) is 2.90. The molecule has 1 aromatic carbocycles. The van der Waals surface area contributed by atoms with Crippen LogP contribution in [-0.4, -0.2) is 48.1 Å². The van der Waals surface area contributed by atoms with Gasteiger partial charge in [-0.25, -0.2) is 0 Å².